The lowest BCUT2D eigenvalue weighted by Crippen LogP contribution is -2.04. The first-order chi connectivity index (χ1) is 6.97. The Bertz CT molecular complexity index is 434. The summed E-state index contributed by atoms with van der Waals surface area (Å²) in [5.41, 5.74) is 0.818. The van der Waals surface area contributed by atoms with Gasteiger partial charge in [0.25, 0.3) is 5.69 Å². The molecule has 0 N–H and O–H groups in total. The molecule has 1 aromatic rings. The van der Waals surface area contributed by atoms with Gasteiger partial charge in [-0.05, 0) is 12.5 Å². The molecular formula is C9H7BrClNO3. The Morgan fingerprint density at radius 1 is 1.60 bits per heavy atom. The topological polar surface area (TPSA) is 60.2 Å². The van der Waals surface area contributed by atoms with Gasteiger partial charge in [-0.1, -0.05) is 15.9 Å². The monoisotopic (exact) mass is 291 g/mol. The minimum Gasteiger partial charge on any atom is -0.293 e. The Labute approximate surface area is 99.5 Å². The van der Waals surface area contributed by atoms with Gasteiger partial charge in [0.1, 0.15) is 0 Å². The summed E-state index contributed by atoms with van der Waals surface area (Å²) in [6, 6.07) is 2.60. The Balaban J connectivity index is 3.37. The second-order valence-electron chi connectivity index (χ2n) is 2.91. The number of Topliss-reactive ketones (excluding diaryl/α,β-unsaturated/α-hetero) is 1. The van der Waals surface area contributed by atoms with E-state index in [9.17, 15) is 14.9 Å². The summed E-state index contributed by atoms with van der Waals surface area (Å²) < 4.78 is 0.533. The van der Waals surface area contributed by atoms with Crippen molar-refractivity contribution < 1.29 is 9.72 Å². The number of hydrogen-bond donors (Lipinski definition) is 0. The van der Waals surface area contributed by atoms with Gasteiger partial charge < -0.3 is 0 Å². The molecule has 0 saturated carbocycles. The van der Waals surface area contributed by atoms with Crippen LogP contribution < -0.4 is 0 Å². The van der Waals surface area contributed by atoms with E-state index in [2.05, 4.69) is 15.9 Å². The van der Waals surface area contributed by atoms with E-state index in [-0.39, 0.29) is 22.9 Å². The molecule has 0 aliphatic carbocycles. The Hall–Kier alpha value is -0.940. The van der Waals surface area contributed by atoms with E-state index in [0.717, 1.165) is 0 Å². The van der Waals surface area contributed by atoms with Gasteiger partial charge in [0, 0.05) is 22.2 Å². The molecule has 0 saturated heterocycles. The molecule has 0 fully saturated rings. The van der Waals surface area contributed by atoms with Gasteiger partial charge in [-0.15, -0.1) is 11.6 Å². The first-order valence-electron chi connectivity index (χ1n) is 4.01. The molecule has 0 aromatic heterocycles. The number of rotatable bonds is 3. The van der Waals surface area contributed by atoms with E-state index in [1.165, 1.54) is 12.1 Å². The van der Waals surface area contributed by atoms with Crippen LogP contribution in [0, 0.1) is 17.0 Å². The zero-order chi connectivity index (χ0) is 11.6. The van der Waals surface area contributed by atoms with Crippen molar-refractivity contribution >= 4 is 39.0 Å². The Morgan fingerprint density at radius 2 is 2.20 bits per heavy atom. The number of carbonyl (C=O) groups is 1. The summed E-state index contributed by atoms with van der Waals surface area (Å²) in [6.45, 7) is 1.70. The van der Waals surface area contributed by atoms with Crippen molar-refractivity contribution in [2.24, 2.45) is 0 Å². The maximum absolute atomic E-state index is 11.4. The molecule has 0 amide bonds. The minimum absolute atomic E-state index is 0.124. The van der Waals surface area contributed by atoms with Gasteiger partial charge in [0.15, 0.2) is 5.78 Å². The molecule has 0 bridgehead atoms. The fourth-order valence-electron chi connectivity index (χ4n) is 1.13. The number of benzene rings is 1. The van der Waals surface area contributed by atoms with Crippen molar-refractivity contribution in [1.82, 2.24) is 0 Å². The molecule has 80 valence electrons. The van der Waals surface area contributed by atoms with Crippen LogP contribution in [0.4, 0.5) is 5.69 Å². The summed E-state index contributed by atoms with van der Waals surface area (Å²) >= 11 is 8.57. The van der Waals surface area contributed by atoms with Crippen LogP contribution in [0.3, 0.4) is 0 Å². The van der Waals surface area contributed by atoms with Crippen LogP contribution in [-0.4, -0.2) is 16.6 Å². The standard InChI is InChI=1S/C9H7BrClNO3/c1-5-7(9(13)4-11)2-6(12(14)15)3-8(5)10/h2-3H,4H2,1H3. The molecular weight excluding hydrogens is 285 g/mol. The molecule has 0 radical (unpaired) electrons. The molecule has 0 atom stereocenters. The zero-order valence-corrected chi connectivity index (χ0v) is 10.1. The second-order valence-corrected chi connectivity index (χ2v) is 4.04. The quantitative estimate of drug-likeness (QED) is 0.372. The van der Waals surface area contributed by atoms with Crippen LogP contribution >= 0.6 is 27.5 Å². The molecule has 6 heteroatoms. The van der Waals surface area contributed by atoms with E-state index in [0.29, 0.717) is 10.0 Å². The number of ketones is 1. The van der Waals surface area contributed by atoms with Crippen LogP contribution in [0.1, 0.15) is 15.9 Å². The highest BCUT2D eigenvalue weighted by Gasteiger charge is 2.16. The predicted octanol–water partition coefficient (Wildman–Crippen LogP) is 3.09. The molecule has 0 aliphatic heterocycles. The third-order valence-electron chi connectivity index (χ3n) is 1.96. The first-order valence-corrected chi connectivity index (χ1v) is 5.33. The summed E-state index contributed by atoms with van der Waals surface area (Å²) in [5.74, 6) is -0.507. The van der Waals surface area contributed by atoms with Gasteiger partial charge in [0.2, 0.25) is 0 Å². The predicted molar refractivity (Wildman–Crippen MR) is 60.6 cm³/mol. The number of carbonyl (C=O) groups excluding carboxylic acids is 1. The number of hydrogen-bond acceptors (Lipinski definition) is 3. The van der Waals surface area contributed by atoms with E-state index in [4.69, 9.17) is 11.6 Å². The molecule has 1 aromatic carbocycles. The van der Waals surface area contributed by atoms with Crippen LogP contribution in [0.25, 0.3) is 0 Å². The van der Waals surface area contributed by atoms with Crippen molar-refractivity contribution in [3.05, 3.63) is 37.8 Å². The van der Waals surface area contributed by atoms with Crippen molar-refractivity contribution in [2.45, 2.75) is 6.92 Å². The van der Waals surface area contributed by atoms with E-state index in [1.54, 1.807) is 6.92 Å². The number of halogens is 2. The van der Waals surface area contributed by atoms with E-state index >= 15 is 0 Å². The SMILES string of the molecule is Cc1c(Br)cc([N+](=O)[O-])cc1C(=O)CCl. The lowest BCUT2D eigenvalue weighted by molar-refractivity contribution is -0.385. The van der Waals surface area contributed by atoms with Crippen LogP contribution in [0.5, 0.6) is 0 Å². The molecule has 0 spiro atoms. The fraction of sp³-hybridized carbons (Fsp3) is 0.222. The Kier molecular flexibility index (Phi) is 3.82. The molecule has 0 aliphatic rings. The summed E-state index contributed by atoms with van der Waals surface area (Å²) in [4.78, 5) is 21.4. The van der Waals surface area contributed by atoms with Crippen LogP contribution in [0.15, 0.2) is 16.6 Å². The van der Waals surface area contributed by atoms with Gasteiger partial charge >= 0.3 is 0 Å². The third-order valence-corrected chi connectivity index (χ3v) is 3.03. The van der Waals surface area contributed by atoms with Gasteiger partial charge in [-0.2, -0.15) is 0 Å². The third kappa shape index (κ3) is 2.54. The lowest BCUT2D eigenvalue weighted by atomic mass is 10.0. The van der Waals surface area contributed by atoms with Crippen LogP contribution in [0.2, 0.25) is 0 Å². The zero-order valence-electron chi connectivity index (χ0n) is 7.79. The summed E-state index contributed by atoms with van der Waals surface area (Å²) in [6.07, 6.45) is 0. The van der Waals surface area contributed by atoms with Crippen molar-refractivity contribution in [1.29, 1.82) is 0 Å². The highest BCUT2D eigenvalue weighted by molar-refractivity contribution is 9.10. The van der Waals surface area contributed by atoms with Gasteiger partial charge in [0.05, 0.1) is 10.8 Å². The van der Waals surface area contributed by atoms with E-state index < -0.39 is 4.92 Å². The fourth-order valence-corrected chi connectivity index (χ4v) is 1.72. The second kappa shape index (κ2) is 4.72. The molecule has 1 rings (SSSR count). The summed E-state index contributed by atoms with van der Waals surface area (Å²) in [5, 5.41) is 10.6. The van der Waals surface area contributed by atoms with Crippen molar-refractivity contribution in [2.75, 3.05) is 5.88 Å². The first kappa shape index (κ1) is 12.1. The average molecular weight is 293 g/mol. The minimum atomic E-state index is -0.546. The highest BCUT2D eigenvalue weighted by atomic mass is 79.9. The largest absolute Gasteiger partial charge is 0.293 e. The van der Waals surface area contributed by atoms with Gasteiger partial charge in [-0.25, -0.2) is 0 Å². The van der Waals surface area contributed by atoms with Crippen LogP contribution in [-0.2, 0) is 0 Å². The lowest BCUT2D eigenvalue weighted by Gasteiger charge is -2.04. The van der Waals surface area contributed by atoms with Crippen molar-refractivity contribution in [3.8, 4) is 0 Å². The number of non-ortho nitro benzene ring substituents is 1. The van der Waals surface area contributed by atoms with Gasteiger partial charge in [-0.3, -0.25) is 14.9 Å². The molecule has 0 unspecified atom stereocenters. The smallest absolute Gasteiger partial charge is 0.271 e. The number of alkyl halides is 1. The number of nitro benzene ring substituents is 1. The maximum Gasteiger partial charge on any atom is 0.271 e. The number of nitro groups is 1. The average Bonchev–Trinajstić information content (AvgIpc) is 2.20. The maximum atomic E-state index is 11.4. The Morgan fingerprint density at radius 3 is 2.67 bits per heavy atom. The molecule has 15 heavy (non-hydrogen) atoms. The van der Waals surface area contributed by atoms with Crippen molar-refractivity contribution in [3.63, 3.8) is 0 Å². The number of nitrogens with zero attached hydrogens (tertiary/aromatic N) is 1. The van der Waals surface area contributed by atoms with E-state index in [1.807, 2.05) is 0 Å². The molecule has 0 heterocycles. The summed E-state index contributed by atoms with van der Waals surface area (Å²) in [7, 11) is 0. The normalized spacial score (nSPS) is 10.1. The molecule has 4 nitrogen and oxygen atoms in total. The highest BCUT2D eigenvalue weighted by Crippen LogP contribution is 2.26.